The summed E-state index contributed by atoms with van der Waals surface area (Å²) in [7, 11) is 0. The molecular formula is C10H16N6S. The SMILES string of the molecule is CCCCCSc1nc(NN)nc2[nH]ncc12. The number of H-pyrrole nitrogens is 1. The molecule has 0 aromatic carbocycles. The molecule has 0 spiro atoms. The number of nitrogens with zero attached hydrogens (tertiary/aromatic N) is 3. The first-order chi connectivity index (χ1) is 8.35. The number of aromatic amines is 1. The molecule has 2 aromatic rings. The number of hydrogen-bond acceptors (Lipinski definition) is 6. The maximum Gasteiger partial charge on any atom is 0.240 e. The van der Waals surface area contributed by atoms with Gasteiger partial charge in [0.2, 0.25) is 5.95 Å². The molecule has 0 bridgehead atoms. The van der Waals surface area contributed by atoms with Crippen molar-refractivity contribution < 1.29 is 0 Å². The Morgan fingerprint density at radius 1 is 1.41 bits per heavy atom. The van der Waals surface area contributed by atoms with Gasteiger partial charge in [0, 0.05) is 0 Å². The van der Waals surface area contributed by atoms with E-state index in [0.29, 0.717) is 11.6 Å². The van der Waals surface area contributed by atoms with Crippen LogP contribution < -0.4 is 11.3 Å². The number of rotatable bonds is 6. The summed E-state index contributed by atoms with van der Waals surface area (Å²) in [6.45, 7) is 2.19. The van der Waals surface area contributed by atoms with Gasteiger partial charge in [-0.15, -0.1) is 11.8 Å². The monoisotopic (exact) mass is 252 g/mol. The molecule has 0 aliphatic rings. The van der Waals surface area contributed by atoms with Gasteiger partial charge in [-0.05, 0) is 12.2 Å². The molecule has 7 heteroatoms. The van der Waals surface area contributed by atoms with Crippen molar-refractivity contribution in [2.45, 2.75) is 31.2 Å². The molecule has 0 atom stereocenters. The summed E-state index contributed by atoms with van der Waals surface area (Å²) >= 11 is 1.72. The molecule has 6 nitrogen and oxygen atoms in total. The molecule has 17 heavy (non-hydrogen) atoms. The molecule has 92 valence electrons. The van der Waals surface area contributed by atoms with Crippen LogP contribution in [-0.2, 0) is 0 Å². The Morgan fingerprint density at radius 3 is 3.06 bits per heavy atom. The molecule has 2 rings (SSSR count). The molecule has 0 unspecified atom stereocenters. The normalized spacial score (nSPS) is 10.9. The van der Waals surface area contributed by atoms with Crippen LogP contribution in [0.4, 0.5) is 5.95 Å². The van der Waals surface area contributed by atoms with Crippen molar-refractivity contribution in [1.29, 1.82) is 0 Å². The molecule has 0 fully saturated rings. The predicted octanol–water partition coefficient (Wildman–Crippen LogP) is 1.92. The maximum absolute atomic E-state index is 5.34. The summed E-state index contributed by atoms with van der Waals surface area (Å²) in [5.74, 6) is 6.80. The zero-order chi connectivity index (χ0) is 12.1. The Labute approximate surface area is 104 Å². The average Bonchev–Trinajstić information content (AvgIpc) is 2.82. The molecule has 0 saturated carbocycles. The fraction of sp³-hybridized carbons (Fsp3) is 0.500. The average molecular weight is 252 g/mol. The van der Waals surface area contributed by atoms with Crippen LogP contribution in [0.5, 0.6) is 0 Å². The van der Waals surface area contributed by atoms with Crippen LogP contribution in [-0.4, -0.2) is 25.9 Å². The van der Waals surface area contributed by atoms with Crippen molar-refractivity contribution in [2.24, 2.45) is 5.84 Å². The van der Waals surface area contributed by atoms with Gasteiger partial charge in [0.1, 0.15) is 5.03 Å². The van der Waals surface area contributed by atoms with E-state index in [1.54, 1.807) is 18.0 Å². The first-order valence-electron chi connectivity index (χ1n) is 5.65. The summed E-state index contributed by atoms with van der Waals surface area (Å²) in [5.41, 5.74) is 3.18. The quantitative estimate of drug-likeness (QED) is 0.239. The lowest BCUT2D eigenvalue weighted by molar-refractivity contribution is 0.778. The van der Waals surface area contributed by atoms with Gasteiger partial charge in [0.05, 0.1) is 11.6 Å². The van der Waals surface area contributed by atoms with E-state index in [1.807, 2.05) is 0 Å². The number of anilines is 1. The topological polar surface area (TPSA) is 92.5 Å². The van der Waals surface area contributed by atoms with Crippen LogP contribution in [0.25, 0.3) is 11.0 Å². The highest BCUT2D eigenvalue weighted by Gasteiger charge is 2.09. The fourth-order valence-electron chi connectivity index (χ4n) is 1.50. The van der Waals surface area contributed by atoms with E-state index in [2.05, 4.69) is 32.5 Å². The van der Waals surface area contributed by atoms with Crippen LogP contribution in [0, 0.1) is 0 Å². The molecule has 0 saturated heterocycles. The third-order valence-electron chi connectivity index (χ3n) is 2.39. The highest BCUT2D eigenvalue weighted by Crippen LogP contribution is 2.25. The first-order valence-corrected chi connectivity index (χ1v) is 6.64. The molecule has 0 amide bonds. The van der Waals surface area contributed by atoms with Gasteiger partial charge in [0.15, 0.2) is 5.65 Å². The number of nitrogens with one attached hydrogen (secondary N) is 2. The zero-order valence-electron chi connectivity index (χ0n) is 9.73. The Hall–Kier alpha value is -1.34. The summed E-state index contributed by atoms with van der Waals surface area (Å²) in [5, 5.41) is 8.67. The van der Waals surface area contributed by atoms with Crippen LogP contribution >= 0.6 is 11.8 Å². The van der Waals surface area contributed by atoms with Crippen LogP contribution in [0.15, 0.2) is 11.2 Å². The molecular weight excluding hydrogens is 236 g/mol. The van der Waals surface area contributed by atoms with Crippen LogP contribution in [0.3, 0.4) is 0 Å². The highest BCUT2D eigenvalue weighted by molar-refractivity contribution is 7.99. The Bertz CT molecular complexity index is 483. The zero-order valence-corrected chi connectivity index (χ0v) is 10.5. The standard InChI is InChI=1S/C10H16N6S/c1-2-3-4-5-17-9-7-6-12-16-8(7)13-10(14-9)15-11/h6H,2-5,11H2,1H3,(H2,12,13,14,15,16). The lowest BCUT2D eigenvalue weighted by Gasteiger charge is -2.04. The second-order valence-corrected chi connectivity index (χ2v) is 4.77. The van der Waals surface area contributed by atoms with Gasteiger partial charge in [-0.1, -0.05) is 19.8 Å². The third-order valence-corrected chi connectivity index (χ3v) is 3.47. The molecule has 4 N–H and O–H groups in total. The van der Waals surface area contributed by atoms with Gasteiger partial charge in [-0.2, -0.15) is 10.1 Å². The number of aromatic nitrogens is 4. The van der Waals surface area contributed by atoms with E-state index >= 15 is 0 Å². The van der Waals surface area contributed by atoms with Crippen LogP contribution in [0.1, 0.15) is 26.2 Å². The lowest BCUT2D eigenvalue weighted by Crippen LogP contribution is -2.10. The van der Waals surface area contributed by atoms with E-state index in [1.165, 1.54) is 19.3 Å². The number of hydrazine groups is 1. The van der Waals surface area contributed by atoms with E-state index < -0.39 is 0 Å². The minimum atomic E-state index is 0.416. The van der Waals surface area contributed by atoms with Crippen molar-refractivity contribution in [3.8, 4) is 0 Å². The number of fused-ring (bicyclic) bond motifs is 1. The van der Waals surface area contributed by atoms with Crippen molar-refractivity contribution in [3.05, 3.63) is 6.20 Å². The van der Waals surface area contributed by atoms with Crippen LogP contribution in [0.2, 0.25) is 0 Å². The van der Waals surface area contributed by atoms with E-state index in [0.717, 1.165) is 16.2 Å². The van der Waals surface area contributed by atoms with Gasteiger partial charge >= 0.3 is 0 Å². The number of unbranched alkanes of at least 4 members (excludes halogenated alkanes) is 2. The van der Waals surface area contributed by atoms with Crippen molar-refractivity contribution in [2.75, 3.05) is 11.2 Å². The van der Waals surface area contributed by atoms with E-state index in [-0.39, 0.29) is 0 Å². The molecule has 0 aliphatic carbocycles. The fourth-order valence-corrected chi connectivity index (χ4v) is 2.50. The summed E-state index contributed by atoms with van der Waals surface area (Å²) < 4.78 is 0. The lowest BCUT2D eigenvalue weighted by atomic mass is 10.3. The minimum Gasteiger partial charge on any atom is -0.292 e. The Morgan fingerprint density at radius 2 is 2.29 bits per heavy atom. The highest BCUT2D eigenvalue weighted by atomic mass is 32.2. The van der Waals surface area contributed by atoms with E-state index in [9.17, 15) is 0 Å². The number of hydrogen-bond donors (Lipinski definition) is 3. The van der Waals surface area contributed by atoms with Crippen molar-refractivity contribution >= 4 is 28.7 Å². The predicted molar refractivity (Wildman–Crippen MR) is 69.7 cm³/mol. The van der Waals surface area contributed by atoms with Crippen molar-refractivity contribution in [1.82, 2.24) is 20.2 Å². The second kappa shape index (κ2) is 5.83. The van der Waals surface area contributed by atoms with Gasteiger partial charge in [0.25, 0.3) is 0 Å². The third kappa shape index (κ3) is 2.86. The van der Waals surface area contributed by atoms with E-state index in [4.69, 9.17) is 5.84 Å². The number of nitrogens with two attached hydrogens (primary N) is 1. The Balaban J connectivity index is 2.16. The summed E-state index contributed by atoms with van der Waals surface area (Å²) in [4.78, 5) is 8.53. The molecule has 0 radical (unpaired) electrons. The van der Waals surface area contributed by atoms with Gasteiger partial charge in [-0.25, -0.2) is 10.8 Å². The second-order valence-electron chi connectivity index (χ2n) is 3.68. The van der Waals surface area contributed by atoms with Gasteiger partial charge in [-0.3, -0.25) is 10.5 Å². The summed E-state index contributed by atoms with van der Waals surface area (Å²) in [6, 6.07) is 0. The smallest absolute Gasteiger partial charge is 0.240 e. The maximum atomic E-state index is 5.34. The van der Waals surface area contributed by atoms with Gasteiger partial charge < -0.3 is 0 Å². The number of nitrogen functional groups attached to an aromatic ring is 1. The number of thioether (sulfide) groups is 1. The largest absolute Gasteiger partial charge is 0.292 e. The van der Waals surface area contributed by atoms with Crippen molar-refractivity contribution in [3.63, 3.8) is 0 Å². The molecule has 2 aromatic heterocycles. The molecule has 2 heterocycles. The molecule has 0 aliphatic heterocycles. The first kappa shape index (κ1) is 12.1. The summed E-state index contributed by atoms with van der Waals surface area (Å²) in [6.07, 6.45) is 5.41. The minimum absolute atomic E-state index is 0.416. The Kier molecular flexibility index (Phi) is 4.16.